The van der Waals surface area contributed by atoms with E-state index in [2.05, 4.69) is 89.1 Å². The smallest absolute Gasteiger partial charge is 0.115 e. The van der Waals surface area contributed by atoms with Gasteiger partial charge in [-0.05, 0) is 42.5 Å². The van der Waals surface area contributed by atoms with E-state index >= 15 is 0 Å². The summed E-state index contributed by atoms with van der Waals surface area (Å²) >= 11 is 6.06. The Balaban J connectivity index is 1.87. The van der Waals surface area contributed by atoms with Crippen LogP contribution in [-0.4, -0.2) is 22.9 Å². The first-order chi connectivity index (χ1) is 14.3. The minimum absolute atomic E-state index is 0.876. The highest BCUT2D eigenvalue weighted by Gasteiger charge is 2.22. The second-order valence-electron chi connectivity index (χ2n) is 7.32. The molecule has 3 aromatic rings. The maximum absolute atomic E-state index is 6.06. The molecule has 1 aliphatic heterocycles. The Hall–Kier alpha value is -2.91. The first-order valence-corrected chi connectivity index (χ1v) is 10.7. The summed E-state index contributed by atoms with van der Waals surface area (Å²) in [6, 6.07) is 31.2. The van der Waals surface area contributed by atoms with E-state index in [9.17, 15) is 0 Å². The number of nitrogens with one attached hydrogen (secondary N) is 1. The number of benzene rings is 3. The van der Waals surface area contributed by atoms with Crippen molar-refractivity contribution in [3.8, 4) is 0 Å². The molecule has 0 bridgehead atoms. The van der Waals surface area contributed by atoms with Crippen LogP contribution in [0.1, 0.15) is 30.4 Å². The highest BCUT2D eigenvalue weighted by atomic mass is 32.1. The molecule has 3 heteroatoms. The van der Waals surface area contributed by atoms with E-state index in [0.29, 0.717) is 0 Å². The van der Waals surface area contributed by atoms with Crippen molar-refractivity contribution in [1.29, 1.82) is 0 Å². The van der Waals surface area contributed by atoms with Gasteiger partial charge in [0, 0.05) is 24.4 Å². The molecule has 0 aliphatic carbocycles. The van der Waals surface area contributed by atoms with Crippen molar-refractivity contribution in [2.45, 2.75) is 19.3 Å². The molecular formula is C26H26N2S. The van der Waals surface area contributed by atoms with Gasteiger partial charge in [0.1, 0.15) is 5.82 Å². The molecule has 0 unspecified atom stereocenters. The number of thiocarbonyl (C=S) groups is 1. The normalized spacial score (nSPS) is 14.8. The predicted octanol–water partition coefficient (Wildman–Crippen LogP) is 6.37. The molecule has 1 saturated heterocycles. The van der Waals surface area contributed by atoms with Crippen LogP contribution in [0, 0.1) is 0 Å². The number of rotatable bonds is 6. The van der Waals surface area contributed by atoms with Crippen LogP contribution in [0.15, 0.2) is 96.8 Å². The zero-order chi connectivity index (χ0) is 19.9. The van der Waals surface area contributed by atoms with Crippen molar-refractivity contribution in [1.82, 2.24) is 4.90 Å². The number of nitrogens with zero attached hydrogens (tertiary/aromatic N) is 1. The lowest BCUT2D eigenvalue weighted by molar-refractivity contribution is 0.290. The zero-order valence-corrected chi connectivity index (χ0v) is 17.4. The quantitative estimate of drug-likeness (QED) is 0.295. The fourth-order valence-corrected chi connectivity index (χ4v) is 4.14. The SMILES string of the molecule is S=C(/C(=C(/Nc1ccccc1)N1CCCCC1)c1ccccc1)c1ccccc1. The van der Waals surface area contributed by atoms with Gasteiger partial charge >= 0.3 is 0 Å². The molecule has 146 valence electrons. The summed E-state index contributed by atoms with van der Waals surface area (Å²) in [5.41, 5.74) is 4.39. The number of hydrogen-bond acceptors (Lipinski definition) is 3. The van der Waals surface area contributed by atoms with Crippen molar-refractivity contribution in [2.24, 2.45) is 0 Å². The maximum atomic E-state index is 6.06. The highest BCUT2D eigenvalue weighted by Crippen LogP contribution is 2.29. The van der Waals surface area contributed by atoms with E-state index in [1.54, 1.807) is 0 Å². The van der Waals surface area contributed by atoms with Crippen molar-refractivity contribution in [3.63, 3.8) is 0 Å². The van der Waals surface area contributed by atoms with Gasteiger partial charge in [0.15, 0.2) is 0 Å². The van der Waals surface area contributed by atoms with Crippen molar-refractivity contribution in [3.05, 3.63) is 108 Å². The molecule has 1 fully saturated rings. The number of allylic oxidation sites excluding steroid dienone is 1. The molecule has 0 amide bonds. The lowest BCUT2D eigenvalue weighted by Crippen LogP contribution is -2.34. The van der Waals surface area contributed by atoms with Crippen LogP contribution in [0.25, 0.3) is 5.57 Å². The largest absolute Gasteiger partial charge is 0.358 e. The maximum Gasteiger partial charge on any atom is 0.115 e. The monoisotopic (exact) mass is 398 g/mol. The Morgan fingerprint density at radius 3 is 1.76 bits per heavy atom. The summed E-state index contributed by atoms with van der Waals surface area (Å²) in [5, 5.41) is 3.72. The number of piperidine rings is 1. The fourth-order valence-electron chi connectivity index (χ4n) is 3.79. The first kappa shape index (κ1) is 19.4. The Labute approximate surface area is 178 Å². The molecule has 1 aliphatic rings. The molecule has 0 spiro atoms. The Bertz CT molecular complexity index is 959. The van der Waals surface area contributed by atoms with E-state index in [1.165, 1.54) is 19.3 Å². The molecule has 29 heavy (non-hydrogen) atoms. The molecule has 3 aromatic carbocycles. The van der Waals surface area contributed by atoms with Gasteiger partial charge in [-0.15, -0.1) is 0 Å². The van der Waals surface area contributed by atoms with Gasteiger partial charge in [-0.2, -0.15) is 0 Å². The van der Waals surface area contributed by atoms with E-state index in [4.69, 9.17) is 12.2 Å². The minimum atomic E-state index is 0.876. The van der Waals surface area contributed by atoms with Crippen LogP contribution >= 0.6 is 12.2 Å². The van der Waals surface area contributed by atoms with Crippen molar-refractivity contribution >= 4 is 28.3 Å². The second-order valence-corrected chi connectivity index (χ2v) is 7.73. The number of anilines is 1. The Morgan fingerprint density at radius 2 is 1.17 bits per heavy atom. The number of para-hydroxylation sites is 1. The van der Waals surface area contributed by atoms with Crippen LogP contribution in [0.3, 0.4) is 0 Å². The molecule has 1 N–H and O–H groups in total. The molecule has 0 radical (unpaired) electrons. The standard InChI is InChI=1S/C26H26N2S/c29-25(22-15-7-2-8-16-22)24(21-13-5-1-6-14-21)26(28-19-11-4-12-20-28)27-23-17-9-3-10-18-23/h1-3,5-10,13-18,27H,4,11-12,19-20H2/b26-24-. The molecule has 0 aromatic heterocycles. The molecule has 2 nitrogen and oxygen atoms in total. The lowest BCUT2D eigenvalue weighted by Gasteiger charge is -2.34. The topological polar surface area (TPSA) is 15.3 Å². The molecule has 0 atom stereocenters. The second kappa shape index (κ2) is 9.53. The van der Waals surface area contributed by atoms with Crippen LogP contribution in [-0.2, 0) is 0 Å². The third kappa shape index (κ3) is 4.75. The molecular weight excluding hydrogens is 372 g/mol. The van der Waals surface area contributed by atoms with E-state index in [1.807, 2.05) is 12.1 Å². The van der Waals surface area contributed by atoms with Crippen LogP contribution in [0.5, 0.6) is 0 Å². The molecule has 4 rings (SSSR count). The van der Waals surface area contributed by atoms with Gasteiger partial charge < -0.3 is 10.2 Å². The number of likely N-dealkylation sites (tertiary alicyclic amines) is 1. The van der Waals surface area contributed by atoms with Gasteiger partial charge in [-0.1, -0.05) is 91.1 Å². The molecule has 0 saturated carbocycles. The summed E-state index contributed by atoms with van der Waals surface area (Å²) in [6.45, 7) is 2.09. The third-order valence-electron chi connectivity index (χ3n) is 5.27. The van der Waals surface area contributed by atoms with Crippen LogP contribution < -0.4 is 5.32 Å². The predicted molar refractivity (Wildman–Crippen MR) is 127 cm³/mol. The highest BCUT2D eigenvalue weighted by molar-refractivity contribution is 7.82. The van der Waals surface area contributed by atoms with Crippen molar-refractivity contribution < 1.29 is 0 Å². The summed E-state index contributed by atoms with van der Waals surface area (Å²) in [5.74, 6) is 1.11. The Morgan fingerprint density at radius 1 is 0.655 bits per heavy atom. The third-order valence-corrected chi connectivity index (χ3v) is 5.71. The summed E-state index contributed by atoms with van der Waals surface area (Å²) < 4.78 is 0. The van der Waals surface area contributed by atoms with Crippen LogP contribution in [0.2, 0.25) is 0 Å². The average Bonchev–Trinajstić information content (AvgIpc) is 2.81. The molecule has 1 heterocycles. The summed E-state index contributed by atoms with van der Waals surface area (Å²) in [4.78, 5) is 3.34. The lowest BCUT2D eigenvalue weighted by atomic mass is 9.96. The zero-order valence-electron chi connectivity index (χ0n) is 16.6. The number of hydrogen-bond donors (Lipinski definition) is 1. The minimum Gasteiger partial charge on any atom is -0.358 e. The first-order valence-electron chi connectivity index (χ1n) is 10.3. The van der Waals surface area contributed by atoms with Gasteiger partial charge in [0.05, 0.1) is 4.86 Å². The summed E-state index contributed by atoms with van der Waals surface area (Å²) in [7, 11) is 0. The van der Waals surface area contributed by atoms with Gasteiger partial charge in [0.25, 0.3) is 0 Å². The van der Waals surface area contributed by atoms with E-state index in [-0.39, 0.29) is 0 Å². The fraction of sp³-hybridized carbons (Fsp3) is 0.192. The van der Waals surface area contributed by atoms with Gasteiger partial charge in [0.2, 0.25) is 0 Å². The van der Waals surface area contributed by atoms with Crippen molar-refractivity contribution in [2.75, 3.05) is 18.4 Å². The van der Waals surface area contributed by atoms with Gasteiger partial charge in [-0.25, -0.2) is 0 Å². The van der Waals surface area contributed by atoms with Crippen LogP contribution in [0.4, 0.5) is 5.69 Å². The Kier molecular flexibility index (Phi) is 6.38. The van der Waals surface area contributed by atoms with Gasteiger partial charge in [-0.3, -0.25) is 0 Å². The van der Waals surface area contributed by atoms with E-state index in [0.717, 1.165) is 46.2 Å². The van der Waals surface area contributed by atoms with E-state index < -0.39 is 0 Å². The summed E-state index contributed by atoms with van der Waals surface area (Å²) in [6.07, 6.45) is 3.71. The average molecular weight is 399 g/mol.